The normalized spacial score (nSPS) is 19.0. The SMILES string of the molecule is CC(N)CC1=CS(=O)(=O)c2c(O)cccc21. The monoisotopic (exact) mass is 239 g/mol. The Hall–Kier alpha value is -1.33. The van der Waals surface area contributed by atoms with Gasteiger partial charge in [0.05, 0.1) is 0 Å². The number of phenolic OH excluding ortho intramolecular Hbond substituents is 1. The molecule has 0 saturated carbocycles. The summed E-state index contributed by atoms with van der Waals surface area (Å²) in [6.45, 7) is 1.81. The number of fused-ring (bicyclic) bond motifs is 1. The van der Waals surface area contributed by atoms with Gasteiger partial charge in [0, 0.05) is 17.0 Å². The van der Waals surface area contributed by atoms with E-state index in [9.17, 15) is 13.5 Å². The third-order valence-corrected chi connectivity index (χ3v) is 4.06. The molecule has 0 aromatic heterocycles. The maximum Gasteiger partial charge on any atom is 0.204 e. The molecule has 1 aliphatic rings. The lowest BCUT2D eigenvalue weighted by atomic mass is 10.0. The van der Waals surface area contributed by atoms with Crippen molar-refractivity contribution < 1.29 is 13.5 Å². The van der Waals surface area contributed by atoms with E-state index in [-0.39, 0.29) is 16.7 Å². The van der Waals surface area contributed by atoms with Crippen LogP contribution < -0.4 is 5.73 Å². The van der Waals surface area contributed by atoms with E-state index in [4.69, 9.17) is 5.73 Å². The Morgan fingerprint density at radius 3 is 2.75 bits per heavy atom. The summed E-state index contributed by atoms with van der Waals surface area (Å²) in [5.74, 6) is -0.201. The third kappa shape index (κ3) is 1.72. The van der Waals surface area contributed by atoms with Crippen LogP contribution >= 0.6 is 0 Å². The zero-order valence-corrected chi connectivity index (χ0v) is 9.66. The minimum atomic E-state index is -3.50. The highest BCUT2D eigenvalue weighted by molar-refractivity contribution is 7.95. The largest absolute Gasteiger partial charge is 0.507 e. The topological polar surface area (TPSA) is 80.4 Å². The second-order valence-electron chi connectivity index (χ2n) is 4.02. The van der Waals surface area contributed by atoms with E-state index in [1.807, 2.05) is 6.92 Å². The van der Waals surface area contributed by atoms with E-state index in [2.05, 4.69) is 0 Å². The van der Waals surface area contributed by atoms with E-state index in [1.54, 1.807) is 12.1 Å². The van der Waals surface area contributed by atoms with E-state index < -0.39 is 9.84 Å². The summed E-state index contributed by atoms with van der Waals surface area (Å²) in [4.78, 5) is 0.00523. The van der Waals surface area contributed by atoms with Crippen LogP contribution in [0.15, 0.2) is 28.5 Å². The number of nitrogens with two attached hydrogens (primary N) is 1. The van der Waals surface area contributed by atoms with Crippen LogP contribution in [0.25, 0.3) is 5.57 Å². The smallest absolute Gasteiger partial charge is 0.204 e. The van der Waals surface area contributed by atoms with Crippen LogP contribution in [0.5, 0.6) is 5.75 Å². The van der Waals surface area contributed by atoms with E-state index >= 15 is 0 Å². The molecule has 0 aliphatic carbocycles. The van der Waals surface area contributed by atoms with Crippen molar-refractivity contribution in [2.75, 3.05) is 0 Å². The number of aromatic hydroxyl groups is 1. The van der Waals surface area contributed by atoms with Gasteiger partial charge in [0.2, 0.25) is 9.84 Å². The zero-order chi connectivity index (χ0) is 11.9. The molecule has 5 heteroatoms. The maximum atomic E-state index is 11.8. The van der Waals surface area contributed by atoms with Gasteiger partial charge < -0.3 is 10.8 Å². The first kappa shape index (κ1) is 11.2. The number of hydrogen-bond acceptors (Lipinski definition) is 4. The van der Waals surface area contributed by atoms with E-state index in [0.29, 0.717) is 17.6 Å². The maximum absolute atomic E-state index is 11.8. The molecule has 86 valence electrons. The number of sulfone groups is 1. The molecule has 1 aliphatic heterocycles. The zero-order valence-electron chi connectivity index (χ0n) is 8.84. The van der Waals surface area contributed by atoms with Crippen molar-refractivity contribution in [2.45, 2.75) is 24.3 Å². The standard InChI is InChI=1S/C11H13NO3S/c1-7(12)5-8-6-16(14,15)11-9(8)3-2-4-10(11)13/h2-4,6-7,13H,5,12H2,1H3. The minimum Gasteiger partial charge on any atom is -0.507 e. The number of phenols is 1. The van der Waals surface area contributed by atoms with Crippen molar-refractivity contribution in [3.05, 3.63) is 29.2 Å². The van der Waals surface area contributed by atoms with Crippen LogP contribution in [-0.4, -0.2) is 19.6 Å². The van der Waals surface area contributed by atoms with Crippen LogP contribution in [0.1, 0.15) is 18.9 Å². The number of rotatable bonds is 2. The highest BCUT2D eigenvalue weighted by atomic mass is 32.2. The van der Waals surface area contributed by atoms with E-state index in [0.717, 1.165) is 0 Å². The minimum absolute atomic E-state index is 0.00523. The van der Waals surface area contributed by atoms with Crippen LogP contribution in [0, 0.1) is 0 Å². The molecule has 3 N–H and O–H groups in total. The molecular formula is C11H13NO3S. The average Bonchev–Trinajstić information content (AvgIpc) is 2.38. The van der Waals surface area contributed by atoms with Gasteiger partial charge in [0.15, 0.2) is 0 Å². The summed E-state index contributed by atoms with van der Waals surface area (Å²) >= 11 is 0. The van der Waals surface area contributed by atoms with Gasteiger partial charge in [-0.25, -0.2) is 8.42 Å². The van der Waals surface area contributed by atoms with Gasteiger partial charge in [-0.3, -0.25) is 0 Å². The second-order valence-corrected chi connectivity index (χ2v) is 5.76. The Kier molecular flexibility index (Phi) is 2.52. The first-order valence-corrected chi connectivity index (χ1v) is 6.50. The van der Waals surface area contributed by atoms with Gasteiger partial charge in [0.25, 0.3) is 0 Å². The molecular weight excluding hydrogens is 226 g/mol. The summed E-state index contributed by atoms with van der Waals surface area (Å²) in [6.07, 6.45) is 0.482. The molecule has 1 heterocycles. The Balaban J connectivity index is 2.61. The molecule has 0 fully saturated rings. The van der Waals surface area contributed by atoms with Crippen molar-refractivity contribution in [3.63, 3.8) is 0 Å². The number of hydrogen-bond donors (Lipinski definition) is 2. The molecule has 1 aromatic carbocycles. The molecule has 0 saturated heterocycles. The molecule has 4 nitrogen and oxygen atoms in total. The lowest BCUT2D eigenvalue weighted by Gasteiger charge is -2.07. The fraction of sp³-hybridized carbons (Fsp3) is 0.273. The van der Waals surface area contributed by atoms with Crippen molar-refractivity contribution in [1.82, 2.24) is 0 Å². The van der Waals surface area contributed by atoms with Gasteiger partial charge >= 0.3 is 0 Å². The molecule has 2 rings (SSSR count). The Morgan fingerprint density at radius 2 is 2.12 bits per heavy atom. The fourth-order valence-corrected chi connectivity index (χ4v) is 3.47. The van der Waals surface area contributed by atoms with Crippen molar-refractivity contribution >= 4 is 15.4 Å². The Labute approximate surface area is 94.3 Å². The van der Waals surface area contributed by atoms with Crippen LogP contribution in [0.4, 0.5) is 0 Å². The molecule has 0 radical (unpaired) electrons. The Bertz CT molecular complexity index is 559. The summed E-state index contributed by atoms with van der Waals surface area (Å²) < 4.78 is 23.6. The summed E-state index contributed by atoms with van der Waals surface area (Å²) in [7, 11) is -3.50. The first-order valence-electron chi connectivity index (χ1n) is 4.95. The third-order valence-electron chi connectivity index (χ3n) is 2.46. The lowest BCUT2D eigenvalue weighted by molar-refractivity contribution is 0.459. The lowest BCUT2D eigenvalue weighted by Crippen LogP contribution is -2.14. The van der Waals surface area contributed by atoms with Gasteiger partial charge in [-0.2, -0.15) is 0 Å². The van der Waals surface area contributed by atoms with Crippen molar-refractivity contribution in [2.24, 2.45) is 5.73 Å². The molecule has 1 unspecified atom stereocenters. The Morgan fingerprint density at radius 1 is 1.44 bits per heavy atom. The average molecular weight is 239 g/mol. The van der Waals surface area contributed by atoms with Gasteiger partial charge in [0.1, 0.15) is 10.6 Å². The van der Waals surface area contributed by atoms with Crippen LogP contribution in [0.3, 0.4) is 0 Å². The highest BCUT2D eigenvalue weighted by Crippen LogP contribution is 2.40. The van der Waals surface area contributed by atoms with Crippen LogP contribution in [-0.2, 0) is 9.84 Å². The molecule has 1 atom stereocenters. The fourth-order valence-electron chi connectivity index (χ4n) is 1.89. The quantitative estimate of drug-likeness (QED) is 0.814. The summed E-state index contributed by atoms with van der Waals surface area (Å²) in [5, 5.41) is 10.8. The van der Waals surface area contributed by atoms with Crippen molar-refractivity contribution in [3.8, 4) is 5.75 Å². The molecule has 1 aromatic rings. The highest BCUT2D eigenvalue weighted by Gasteiger charge is 2.29. The molecule has 0 bridgehead atoms. The second kappa shape index (κ2) is 3.61. The predicted molar refractivity (Wildman–Crippen MR) is 61.5 cm³/mol. The first-order chi connectivity index (χ1) is 7.42. The molecule has 16 heavy (non-hydrogen) atoms. The summed E-state index contributed by atoms with van der Waals surface area (Å²) in [6, 6.07) is 4.58. The van der Waals surface area contributed by atoms with Crippen LogP contribution in [0.2, 0.25) is 0 Å². The number of benzene rings is 1. The van der Waals surface area contributed by atoms with Gasteiger partial charge in [-0.15, -0.1) is 0 Å². The van der Waals surface area contributed by atoms with Crippen molar-refractivity contribution in [1.29, 1.82) is 0 Å². The summed E-state index contributed by atoms with van der Waals surface area (Å²) in [5.41, 5.74) is 6.89. The molecule has 0 amide bonds. The molecule has 0 spiro atoms. The van der Waals surface area contributed by atoms with E-state index in [1.165, 1.54) is 11.5 Å². The van der Waals surface area contributed by atoms with Gasteiger partial charge in [-0.1, -0.05) is 12.1 Å². The van der Waals surface area contributed by atoms with Gasteiger partial charge in [-0.05, 0) is 25.0 Å². The predicted octanol–water partition coefficient (Wildman–Crippen LogP) is 1.26.